The van der Waals surface area contributed by atoms with Crippen LogP contribution in [0.1, 0.15) is 16.7 Å². The number of imide groups is 1. The average Bonchev–Trinajstić information content (AvgIpc) is 3.13. The van der Waals surface area contributed by atoms with E-state index >= 15 is 0 Å². The predicted molar refractivity (Wildman–Crippen MR) is 94.5 cm³/mol. The number of fused-ring (bicyclic) bond motifs is 1. The van der Waals surface area contributed by atoms with E-state index in [1.54, 1.807) is 17.1 Å². The van der Waals surface area contributed by atoms with Crippen LogP contribution < -0.4 is 9.91 Å². The number of hydrogen-bond donors (Lipinski definition) is 0. The lowest BCUT2D eigenvalue weighted by Crippen LogP contribution is -2.39. The minimum absolute atomic E-state index is 0.290. The molecule has 2 aliphatic rings. The first-order chi connectivity index (χ1) is 12.0. The van der Waals surface area contributed by atoms with Gasteiger partial charge in [0.15, 0.2) is 12.1 Å². The van der Waals surface area contributed by atoms with Gasteiger partial charge in [-0.15, -0.1) is 0 Å². The number of aryl methyl sites for hydroxylation is 3. The molecule has 0 radical (unpaired) electrons. The molecule has 0 aromatic heterocycles. The number of anilines is 2. The van der Waals surface area contributed by atoms with Crippen LogP contribution in [-0.2, 0) is 9.59 Å². The van der Waals surface area contributed by atoms with Gasteiger partial charge in [0.25, 0.3) is 11.8 Å². The lowest BCUT2D eigenvalue weighted by atomic mass is 10.1. The molecule has 2 aromatic carbocycles. The molecule has 2 heterocycles. The molecule has 2 aliphatic heterocycles. The van der Waals surface area contributed by atoms with Crippen molar-refractivity contribution in [1.29, 1.82) is 0 Å². The molecule has 2 atom stereocenters. The molecule has 1 fully saturated rings. The Hall–Kier alpha value is -3.02. The maximum atomic E-state index is 13.0. The van der Waals surface area contributed by atoms with Gasteiger partial charge in [0.1, 0.15) is 0 Å². The summed E-state index contributed by atoms with van der Waals surface area (Å²) in [5, 5.41) is 9.73. The average molecular weight is 334 g/mol. The second-order valence-electron chi connectivity index (χ2n) is 6.56. The van der Waals surface area contributed by atoms with Crippen LogP contribution in [0.4, 0.5) is 11.4 Å². The fourth-order valence-corrected chi connectivity index (χ4v) is 3.19. The summed E-state index contributed by atoms with van der Waals surface area (Å²) in [5.41, 5.74) is 4.67. The molecule has 1 saturated heterocycles. The van der Waals surface area contributed by atoms with E-state index in [0.717, 1.165) is 22.4 Å². The molecule has 0 N–H and O–H groups in total. The minimum atomic E-state index is -0.782. The zero-order valence-electron chi connectivity index (χ0n) is 14.3. The third kappa shape index (κ3) is 2.33. The maximum Gasteiger partial charge on any atom is 0.263 e. The van der Waals surface area contributed by atoms with E-state index in [1.165, 1.54) is 4.90 Å². The second kappa shape index (κ2) is 5.51. The summed E-state index contributed by atoms with van der Waals surface area (Å²) in [6.45, 7) is 5.99. The predicted octanol–water partition coefficient (Wildman–Crippen LogP) is 3.11. The topological polar surface area (TPSA) is 65.3 Å². The fourth-order valence-electron chi connectivity index (χ4n) is 3.19. The third-order valence-corrected chi connectivity index (χ3v) is 4.83. The van der Waals surface area contributed by atoms with Crippen LogP contribution in [0, 0.1) is 20.8 Å². The van der Waals surface area contributed by atoms with Gasteiger partial charge in [-0.05, 0) is 56.2 Å². The molecule has 0 spiro atoms. The SMILES string of the molecule is Cc1ccc(N2C(=O)C3N=NN(c4ccc(C)c(C)c4)C3C2=O)cc1. The number of carbonyl (C=O) groups is 2. The van der Waals surface area contributed by atoms with Gasteiger partial charge in [0, 0.05) is 0 Å². The molecule has 25 heavy (non-hydrogen) atoms. The summed E-state index contributed by atoms with van der Waals surface area (Å²) in [4.78, 5) is 26.9. The van der Waals surface area contributed by atoms with Crippen LogP contribution in [0.2, 0.25) is 0 Å². The number of nitrogens with zero attached hydrogens (tertiary/aromatic N) is 4. The van der Waals surface area contributed by atoms with Crippen molar-refractivity contribution in [3.63, 3.8) is 0 Å². The minimum Gasteiger partial charge on any atom is -0.271 e. The molecule has 0 aliphatic carbocycles. The summed E-state index contributed by atoms with van der Waals surface area (Å²) >= 11 is 0. The molecular weight excluding hydrogens is 316 g/mol. The van der Waals surface area contributed by atoms with E-state index in [9.17, 15) is 9.59 Å². The first-order valence-electron chi connectivity index (χ1n) is 8.19. The molecular formula is C19H18N4O2. The lowest BCUT2D eigenvalue weighted by Gasteiger charge is -2.21. The number of hydrogen-bond acceptors (Lipinski definition) is 5. The van der Waals surface area contributed by atoms with Gasteiger partial charge in [0.05, 0.1) is 11.4 Å². The van der Waals surface area contributed by atoms with Crippen molar-refractivity contribution in [3.8, 4) is 0 Å². The van der Waals surface area contributed by atoms with Gasteiger partial charge in [-0.3, -0.25) is 9.59 Å². The van der Waals surface area contributed by atoms with E-state index in [1.807, 2.05) is 51.1 Å². The summed E-state index contributed by atoms with van der Waals surface area (Å²) in [7, 11) is 0. The van der Waals surface area contributed by atoms with Crippen LogP contribution in [0.25, 0.3) is 0 Å². The Morgan fingerprint density at radius 2 is 1.52 bits per heavy atom. The van der Waals surface area contributed by atoms with E-state index in [2.05, 4.69) is 10.3 Å². The van der Waals surface area contributed by atoms with Crippen molar-refractivity contribution in [1.82, 2.24) is 0 Å². The van der Waals surface area contributed by atoms with Gasteiger partial charge < -0.3 is 0 Å². The first kappa shape index (κ1) is 15.5. The summed E-state index contributed by atoms with van der Waals surface area (Å²) in [6, 6.07) is 11.7. The van der Waals surface area contributed by atoms with Gasteiger partial charge >= 0.3 is 0 Å². The van der Waals surface area contributed by atoms with E-state index in [-0.39, 0.29) is 11.8 Å². The first-order valence-corrected chi connectivity index (χ1v) is 8.19. The molecule has 6 nitrogen and oxygen atoms in total. The Balaban J connectivity index is 1.70. The van der Waals surface area contributed by atoms with Crippen molar-refractivity contribution in [3.05, 3.63) is 59.2 Å². The Morgan fingerprint density at radius 1 is 0.840 bits per heavy atom. The summed E-state index contributed by atoms with van der Waals surface area (Å²) in [6.07, 6.45) is 0. The zero-order chi connectivity index (χ0) is 17.7. The van der Waals surface area contributed by atoms with Crippen molar-refractivity contribution in [2.45, 2.75) is 32.9 Å². The Kier molecular flexibility index (Phi) is 3.42. The van der Waals surface area contributed by atoms with Crippen LogP contribution in [0.15, 0.2) is 52.8 Å². The van der Waals surface area contributed by atoms with E-state index in [4.69, 9.17) is 0 Å². The van der Waals surface area contributed by atoms with E-state index < -0.39 is 12.1 Å². The zero-order valence-corrected chi connectivity index (χ0v) is 14.3. The van der Waals surface area contributed by atoms with Gasteiger partial charge in [-0.25, -0.2) is 9.91 Å². The van der Waals surface area contributed by atoms with E-state index in [0.29, 0.717) is 5.69 Å². The summed E-state index contributed by atoms with van der Waals surface area (Å²) in [5.74, 6) is -0.615. The van der Waals surface area contributed by atoms with Crippen LogP contribution in [0.5, 0.6) is 0 Å². The van der Waals surface area contributed by atoms with Crippen LogP contribution in [0.3, 0.4) is 0 Å². The molecule has 2 unspecified atom stereocenters. The fraction of sp³-hybridized carbons (Fsp3) is 0.263. The third-order valence-electron chi connectivity index (χ3n) is 4.83. The van der Waals surface area contributed by atoms with Gasteiger partial charge in [0.2, 0.25) is 0 Å². The quantitative estimate of drug-likeness (QED) is 0.793. The largest absolute Gasteiger partial charge is 0.271 e. The smallest absolute Gasteiger partial charge is 0.263 e. The molecule has 126 valence electrons. The number of rotatable bonds is 2. The van der Waals surface area contributed by atoms with Crippen LogP contribution in [-0.4, -0.2) is 23.9 Å². The Morgan fingerprint density at radius 3 is 2.20 bits per heavy atom. The van der Waals surface area contributed by atoms with Crippen molar-refractivity contribution < 1.29 is 9.59 Å². The number of amides is 2. The highest BCUT2D eigenvalue weighted by atomic mass is 16.2. The number of carbonyl (C=O) groups excluding carboxylic acids is 2. The maximum absolute atomic E-state index is 13.0. The molecule has 2 amide bonds. The second-order valence-corrected chi connectivity index (χ2v) is 6.56. The summed E-state index contributed by atoms with van der Waals surface area (Å²) < 4.78 is 0. The molecule has 4 rings (SSSR count). The highest BCUT2D eigenvalue weighted by molar-refractivity contribution is 6.26. The highest BCUT2D eigenvalue weighted by Gasteiger charge is 2.55. The van der Waals surface area contributed by atoms with Crippen molar-refractivity contribution in [2.24, 2.45) is 10.3 Å². The molecule has 2 aromatic rings. The molecule has 6 heteroatoms. The van der Waals surface area contributed by atoms with Crippen molar-refractivity contribution in [2.75, 3.05) is 9.91 Å². The van der Waals surface area contributed by atoms with Gasteiger partial charge in [-0.2, -0.15) is 5.11 Å². The molecule has 0 saturated carbocycles. The van der Waals surface area contributed by atoms with Crippen molar-refractivity contribution >= 4 is 23.2 Å². The standard InChI is InChI=1S/C19H18N4O2/c1-11-4-7-14(8-5-11)22-18(24)16-17(19(22)25)23(21-20-16)15-9-6-12(2)13(3)10-15/h4-10,16-17H,1-3H3. The Bertz CT molecular complexity index is 904. The highest BCUT2D eigenvalue weighted by Crippen LogP contribution is 2.35. The monoisotopic (exact) mass is 334 g/mol. The molecule has 0 bridgehead atoms. The number of benzene rings is 2. The van der Waals surface area contributed by atoms with Crippen LogP contribution >= 0.6 is 0 Å². The Labute approximate surface area is 145 Å². The normalized spacial score (nSPS) is 22.0. The lowest BCUT2D eigenvalue weighted by molar-refractivity contribution is -0.121. The van der Waals surface area contributed by atoms with Gasteiger partial charge in [-0.1, -0.05) is 29.0 Å².